The van der Waals surface area contributed by atoms with E-state index in [-0.39, 0.29) is 17.9 Å². The highest BCUT2D eigenvalue weighted by Crippen LogP contribution is 2.33. The Morgan fingerprint density at radius 2 is 1.92 bits per heavy atom. The summed E-state index contributed by atoms with van der Waals surface area (Å²) in [4.78, 5) is 11.9. The molecule has 2 rings (SSSR count). The van der Waals surface area contributed by atoms with E-state index in [1.54, 1.807) is 18.2 Å². The Kier molecular flexibility index (Phi) is 6.10. The first kappa shape index (κ1) is 19.7. The highest BCUT2D eigenvalue weighted by atomic mass is 32.2. The number of sulfone groups is 1. The van der Waals surface area contributed by atoms with Crippen LogP contribution in [0.2, 0.25) is 0 Å². The molecule has 140 valence electrons. The topological polar surface area (TPSA) is 101 Å². The molecule has 9 heteroatoms. The van der Waals surface area contributed by atoms with Crippen LogP contribution in [0.3, 0.4) is 0 Å². The molecule has 25 heavy (non-hydrogen) atoms. The maximum Gasteiger partial charge on any atom is 0.235 e. The Hall–Kier alpha value is -1.61. The second kappa shape index (κ2) is 7.74. The number of nitrogens with one attached hydrogen (secondary N) is 1. The lowest BCUT2D eigenvalue weighted by Crippen LogP contribution is -2.31. The van der Waals surface area contributed by atoms with E-state index in [9.17, 15) is 21.6 Å². The molecule has 0 fully saturated rings. The lowest BCUT2D eigenvalue weighted by Gasteiger charge is -2.20. The van der Waals surface area contributed by atoms with Crippen LogP contribution >= 0.6 is 0 Å². The van der Waals surface area contributed by atoms with Crippen molar-refractivity contribution in [1.82, 2.24) is 0 Å². The van der Waals surface area contributed by atoms with Crippen LogP contribution in [-0.2, 0) is 31.1 Å². The van der Waals surface area contributed by atoms with Crippen LogP contribution in [0.15, 0.2) is 18.2 Å². The number of nitrogens with zero attached hydrogens (tertiary/aromatic N) is 1. The minimum absolute atomic E-state index is 0.105. The molecule has 0 spiro atoms. The van der Waals surface area contributed by atoms with E-state index in [1.165, 1.54) is 4.31 Å². The molecule has 1 amide bonds. The van der Waals surface area contributed by atoms with Gasteiger partial charge in [-0.3, -0.25) is 9.10 Å². The quantitative estimate of drug-likeness (QED) is 0.728. The minimum Gasteiger partial charge on any atom is -0.326 e. The summed E-state index contributed by atoms with van der Waals surface area (Å²) in [5.74, 6) is -0.529. The number of carbonyl (C=O) groups is 1. The van der Waals surface area contributed by atoms with Gasteiger partial charge in [0.2, 0.25) is 15.9 Å². The van der Waals surface area contributed by atoms with Crippen molar-refractivity contribution in [1.29, 1.82) is 0 Å². The first-order chi connectivity index (χ1) is 11.6. The summed E-state index contributed by atoms with van der Waals surface area (Å²) < 4.78 is 48.6. The van der Waals surface area contributed by atoms with Crippen LogP contribution in [0.5, 0.6) is 0 Å². The third-order valence-corrected chi connectivity index (χ3v) is 6.81. The third kappa shape index (κ3) is 5.43. The fraction of sp³-hybridized carbons (Fsp3) is 0.562. The number of sulfonamides is 1. The molecule has 7 nitrogen and oxygen atoms in total. The zero-order valence-electron chi connectivity index (χ0n) is 14.5. The zero-order chi connectivity index (χ0) is 18.7. The standard InChI is InChI=1S/C16H24N2O5S2/c1-3-4-10-25(22,23)18-9-7-13-5-6-14(12-15(13)18)17-16(19)8-11-24(2,20)21/h5-6,12H,3-4,7-11H2,1-2H3,(H,17,19). The van der Waals surface area contributed by atoms with Gasteiger partial charge in [-0.2, -0.15) is 0 Å². The van der Waals surface area contributed by atoms with Gasteiger partial charge < -0.3 is 5.32 Å². The van der Waals surface area contributed by atoms with Gasteiger partial charge in [-0.15, -0.1) is 0 Å². The van der Waals surface area contributed by atoms with E-state index in [0.717, 1.165) is 18.2 Å². The molecule has 1 aliphatic heterocycles. The van der Waals surface area contributed by atoms with Crippen molar-refractivity contribution in [2.75, 3.05) is 33.9 Å². The molecular weight excluding hydrogens is 364 g/mol. The van der Waals surface area contributed by atoms with E-state index >= 15 is 0 Å². The maximum atomic E-state index is 12.5. The van der Waals surface area contributed by atoms with Gasteiger partial charge in [0.25, 0.3) is 0 Å². The van der Waals surface area contributed by atoms with Crippen molar-refractivity contribution in [2.24, 2.45) is 0 Å². The lowest BCUT2D eigenvalue weighted by atomic mass is 10.1. The molecule has 0 saturated carbocycles. The summed E-state index contributed by atoms with van der Waals surface area (Å²) in [5.41, 5.74) is 1.99. The molecule has 1 aliphatic rings. The largest absolute Gasteiger partial charge is 0.326 e. The Morgan fingerprint density at radius 1 is 1.20 bits per heavy atom. The van der Waals surface area contributed by atoms with Crippen LogP contribution in [0.1, 0.15) is 31.7 Å². The molecule has 1 aromatic carbocycles. The fourth-order valence-electron chi connectivity index (χ4n) is 2.66. The van der Waals surface area contributed by atoms with Gasteiger partial charge >= 0.3 is 0 Å². The average molecular weight is 389 g/mol. The Labute approximate surface area is 149 Å². The Morgan fingerprint density at radius 3 is 2.56 bits per heavy atom. The van der Waals surface area contributed by atoms with Crippen molar-refractivity contribution in [2.45, 2.75) is 32.6 Å². The summed E-state index contributed by atoms with van der Waals surface area (Å²) in [7, 11) is -6.58. The van der Waals surface area contributed by atoms with Crippen molar-refractivity contribution in [3.05, 3.63) is 23.8 Å². The number of rotatable bonds is 8. The molecule has 0 aromatic heterocycles. The summed E-state index contributed by atoms with van der Waals surface area (Å²) in [6.45, 7) is 2.35. The van der Waals surface area contributed by atoms with Gasteiger partial charge in [0.15, 0.2) is 0 Å². The van der Waals surface area contributed by atoms with E-state index < -0.39 is 25.8 Å². The first-order valence-electron chi connectivity index (χ1n) is 8.23. The molecular formula is C16H24N2O5S2. The van der Waals surface area contributed by atoms with Gasteiger partial charge in [-0.05, 0) is 30.5 Å². The van der Waals surface area contributed by atoms with Crippen molar-refractivity contribution >= 4 is 37.1 Å². The fourth-order valence-corrected chi connectivity index (χ4v) is 4.92. The number of unbranched alkanes of at least 4 members (excludes halogenated alkanes) is 1. The van der Waals surface area contributed by atoms with Crippen LogP contribution in [0.25, 0.3) is 0 Å². The number of hydrogen-bond acceptors (Lipinski definition) is 5. The van der Waals surface area contributed by atoms with E-state index in [2.05, 4.69) is 5.32 Å². The Balaban J connectivity index is 2.13. The molecule has 0 aliphatic carbocycles. The lowest BCUT2D eigenvalue weighted by molar-refractivity contribution is -0.115. The molecule has 0 radical (unpaired) electrons. The zero-order valence-corrected chi connectivity index (χ0v) is 16.1. The average Bonchev–Trinajstić information content (AvgIpc) is 2.94. The number of carbonyl (C=O) groups excluding carboxylic acids is 1. The smallest absolute Gasteiger partial charge is 0.235 e. The van der Waals surface area contributed by atoms with E-state index in [4.69, 9.17) is 0 Å². The van der Waals surface area contributed by atoms with Gasteiger partial charge in [0.1, 0.15) is 9.84 Å². The van der Waals surface area contributed by atoms with Crippen LogP contribution in [0, 0.1) is 0 Å². The highest BCUT2D eigenvalue weighted by molar-refractivity contribution is 7.92. The van der Waals surface area contributed by atoms with E-state index in [1.807, 2.05) is 6.92 Å². The summed E-state index contributed by atoms with van der Waals surface area (Å²) in [5, 5.41) is 2.63. The molecule has 1 N–H and O–H groups in total. The number of amides is 1. The van der Waals surface area contributed by atoms with Crippen molar-refractivity contribution in [3.63, 3.8) is 0 Å². The second-order valence-corrected chi connectivity index (χ2v) is 10.5. The molecule has 0 unspecified atom stereocenters. The third-order valence-electron chi connectivity index (χ3n) is 4.01. The van der Waals surface area contributed by atoms with Crippen LogP contribution in [0.4, 0.5) is 11.4 Å². The van der Waals surface area contributed by atoms with Gasteiger partial charge in [-0.25, -0.2) is 16.8 Å². The monoisotopic (exact) mass is 388 g/mol. The predicted molar refractivity (Wildman–Crippen MR) is 99.1 cm³/mol. The van der Waals surface area contributed by atoms with Gasteiger partial charge in [0, 0.05) is 24.9 Å². The van der Waals surface area contributed by atoms with Crippen LogP contribution in [-0.4, -0.2) is 47.0 Å². The predicted octanol–water partition coefficient (Wildman–Crippen LogP) is 1.55. The number of benzene rings is 1. The Bertz CT molecular complexity index is 847. The highest BCUT2D eigenvalue weighted by Gasteiger charge is 2.29. The number of anilines is 2. The molecule has 0 saturated heterocycles. The maximum absolute atomic E-state index is 12.5. The first-order valence-corrected chi connectivity index (χ1v) is 11.9. The van der Waals surface area contributed by atoms with E-state index in [0.29, 0.717) is 30.8 Å². The number of fused-ring (bicyclic) bond motifs is 1. The molecule has 1 aromatic rings. The molecule has 0 bridgehead atoms. The van der Waals surface area contributed by atoms with Crippen molar-refractivity contribution < 1.29 is 21.6 Å². The molecule has 1 heterocycles. The van der Waals surface area contributed by atoms with Gasteiger partial charge in [0.05, 0.1) is 17.2 Å². The SMILES string of the molecule is CCCCS(=O)(=O)N1CCc2ccc(NC(=O)CCS(C)(=O)=O)cc21. The van der Waals surface area contributed by atoms with Crippen LogP contribution < -0.4 is 9.62 Å². The summed E-state index contributed by atoms with van der Waals surface area (Å²) >= 11 is 0. The van der Waals surface area contributed by atoms with Crippen molar-refractivity contribution in [3.8, 4) is 0 Å². The number of hydrogen-bond donors (Lipinski definition) is 1. The summed E-state index contributed by atoms with van der Waals surface area (Å²) in [6.07, 6.45) is 3.00. The minimum atomic E-state index is -3.37. The summed E-state index contributed by atoms with van der Waals surface area (Å²) in [6, 6.07) is 5.15. The second-order valence-electron chi connectivity index (χ2n) is 6.26. The van der Waals surface area contributed by atoms with Gasteiger partial charge in [-0.1, -0.05) is 19.4 Å². The normalized spacial score (nSPS) is 14.4. The molecule has 0 atom stereocenters.